The predicted octanol–water partition coefficient (Wildman–Crippen LogP) is 10.0. The van der Waals surface area contributed by atoms with Crippen LogP contribution >= 0.6 is 0 Å². The van der Waals surface area contributed by atoms with E-state index in [-0.39, 0.29) is 23.5 Å². The molecule has 0 spiro atoms. The SMILES string of the molecule is O=C1C=CC=C2CC3=C(c4ccccc4)C=c4c5c(c6ccc7c8c(c(-c9ccccc9)cc4c68)Cc4ccccc4-7)C=CC(C12)C35. The van der Waals surface area contributed by atoms with Crippen molar-refractivity contribution in [2.45, 2.75) is 18.8 Å². The van der Waals surface area contributed by atoms with E-state index in [1.807, 2.05) is 6.08 Å². The number of carbonyl (C=O) groups is 1. The van der Waals surface area contributed by atoms with E-state index in [9.17, 15) is 4.79 Å². The molecule has 0 radical (unpaired) electrons. The largest absolute Gasteiger partial charge is 0.294 e. The van der Waals surface area contributed by atoms with Crippen LogP contribution in [0.4, 0.5) is 0 Å². The van der Waals surface area contributed by atoms with Crippen molar-refractivity contribution in [3.8, 4) is 22.3 Å². The van der Waals surface area contributed by atoms with Crippen molar-refractivity contribution in [3.63, 3.8) is 0 Å². The van der Waals surface area contributed by atoms with Gasteiger partial charge in [-0.05, 0) is 113 Å². The Morgan fingerprint density at radius 1 is 0.638 bits per heavy atom. The summed E-state index contributed by atoms with van der Waals surface area (Å²) in [5.41, 5.74) is 16.1. The van der Waals surface area contributed by atoms with Gasteiger partial charge >= 0.3 is 0 Å². The zero-order chi connectivity index (χ0) is 30.8. The molecule has 11 rings (SSSR count). The molecule has 220 valence electrons. The van der Waals surface area contributed by atoms with Crippen molar-refractivity contribution in [3.05, 3.63) is 172 Å². The molecule has 0 saturated heterocycles. The van der Waals surface area contributed by atoms with Crippen molar-refractivity contribution in [1.82, 2.24) is 0 Å². The monoisotopic (exact) mass is 598 g/mol. The minimum absolute atomic E-state index is 0.0939. The summed E-state index contributed by atoms with van der Waals surface area (Å²) in [5.74, 6) is 0.429. The summed E-state index contributed by atoms with van der Waals surface area (Å²) in [5, 5.41) is 6.78. The Bertz CT molecular complexity index is 2580. The maximum atomic E-state index is 13.6. The van der Waals surface area contributed by atoms with Gasteiger partial charge in [-0.3, -0.25) is 4.79 Å². The van der Waals surface area contributed by atoms with Crippen molar-refractivity contribution in [2.75, 3.05) is 0 Å². The van der Waals surface area contributed by atoms with Crippen LogP contribution in [-0.2, 0) is 11.2 Å². The van der Waals surface area contributed by atoms with E-state index in [1.165, 1.54) is 93.6 Å². The summed E-state index contributed by atoms with van der Waals surface area (Å²) in [7, 11) is 0. The van der Waals surface area contributed by atoms with Gasteiger partial charge in [0.1, 0.15) is 0 Å². The zero-order valence-corrected chi connectivity index (χ0v) is 25.8. The highest BCUT2D eigenvalue weighted by molar-refractivity contribution is 6.22. The van der Waals surface area contributed by atoms with Gasteiger partial charge in [0.2, 0.25) is 0 Å². The summed E-state index contributed by atoms with van der Waals surface area (Å²) in [6, 6.07) is 38.1. The lowest BCUT2D eigenvalue weighted by Crippen LogP contribution is -2.40. The second-order valence-corrected chi connectivity index (χ2v) is 13.8. The van der Waals surface area contributed by atoms with Gasteiger partial charge in [-0.1, -0.05) is 133 Å². The quantitative estimate of drug-likeness (QED) is 0.194. The molecule has 1 heteroatoms. The normalized spacial score (nSPS) is 21.3. The van der Waals surface area contributed by atoms with Crippen molar-refractivity contribution in [2.24, 2.45) is 11.8 Å². The number of allylic oxidation sites excluding steroid dienone is 7. The van der Waals surface area contributed by atoms with Crippen LogP contribution in [0.25, 0.3) is 61.5 Å². The van der Waals surface area contributed by atoms with Crippen LogP contribution in [0.2, 0.25) is 0 Å². The summed E-state index contributed by atoms with van der Waals surface area (Å²) < 4.78 is 0. The molecule has 1 fully saturated rings. The summed E-state index contributed by atoms with van der Waals surface area (Å²) in [6.07, 6.45) is 15.0. The van der Waals surface area contributed by atoms with Crippen LogP contribution in [0.5, 0.6) is 0 Å². The number of benzene rings is 6. The molecule has 5 aliphatic rings. The van der Waals surface area contributed by atoms with E-state index in [1.54, 1.807) is 6.08 Å². The highest BCUT2D eigenvalue weighted by atomic mass is 16.1. The maximum Gasteiger partial charge on any atom is 0.163 e. The average molecular weight is 599 g/mol. The molecule has 5 aliphatic carbocycles. The molecule has 6 aromatic rings. The first kappa shape index (κ1) is 25.6. The number of rotatable bonds is 2. The van der Waals surface area contributed by atoms with Crippen molar-refractivity contribution in [1.29, 1.82) is 0 Å². The smallest absolute Gasteiger partial charge is 0.163 e. The molecular formula is C46H30O. The van der Waals surface area contributed by atoms with Gasteiger partial charge in [0, 0.05) is 11.8 Å². The third-order valence-corrected chi connectivity index (χ3v) is 11.6. The highest BCUT2D eigenvalue weighted by Gasteiger charge is 2.46. The van der Waals surface area contributed by atoms with E-state index in [0.29, 0.717) is 0 Å². The maximum absolute atomic E-state index is 13.6. The highest BCUT2D eigenvalue weighted by Crippen LogP contribution is 2.57. The topological polar surface area (TPSA) is 17.1 Å². The van der Waals surface area contributed by atoms with E-state index < -0.39 is 0 Å². The molecule has 1 saturated carbocycles. The van der Waals surface area contributed by atoms with Gasteiger partial charge in [0.15, 0.2) is 5.78 Å². The molecule has 0 amide bonds. The minimum Gasteiger partial charge on any atom is -0.294 e. The Kier molecular flexibility index (Phi) is 5.06. The van der Waals surface area contributed by atoms with Crippen LogP contribution in [0.1, 0.15) is 40.2 Å². The lowest BCUT2D eigenvalue weighted by atomic mass is 9.57. The Morgan fingerprint density at radius 2 is 1.43 bits per heavy atom. The summed E-state index contributed by atoms with van der Waals surface area (Å²) in [4.78, 5) is 13.6. The van der Waals surface area contributed by atoms with Crippen molar-refractivity contribution < 1.29 is 4.79 Å². The Balaban J connectivity index is 1.33. The zero-order valence-electron chi connectivity index (χ0n) is 25.8. The first-order valence-corrected chi connectivity index (χ1v) is 16.9. The van der Waals surface area contributed by atoms with Crippen LogP contribution in [-0.4, -0.2) is 5.78 Å². The standard InChI is InChI=1S/C46H30O/c47-41-17-9-15-29-23-38-36(27-12-5-2-6-13-27)25-40-39-24-35(26-10-3-1-4-11-26)37-22-28-14-7-8-16-30(28)31-18-19-32(44(39)43(31)37)33-20-21-34(42(29)41)46(38)45(33)40/h1-21,24-25,34,42,46H,22-23H2. The summed E-state index contributed by atoms with van der Waals surface area (Å²) >= 11 is 0. The molecule has 0 bridgehead atoms. The van der Waals surface area contributed by atoms with E-state index in [4.69, 9.17) is 0 Å². The average Bonchev–Trinajstić information content (AvgIpc) is 3.13. The van der Waals surface area contributed by atoms with Crippen LogP contribution < -0.4 is 5.22 Å². The van der Waals surface area contributed by atoms with Crippen molar-refractivity contribution >= 4 is 45.1 Å². The fourth-order valence-electron chi connectivity index (χ4n) is 9.79. The van der Waals surface area contributed by atoms with E-state index >= 15 is 0 Å². The van der Waals surface area contributed by atoms with Gasteiger partial charge in [0.25, 0.3) is 0 Å². The molecule has 6 aromatic carbocycles. The Morgan fingerprint density at radius 3 is 2.28 bits per heavy atom. The second kappa shape index (κ2) is 9.27. The fourth-order valence-corrected chi connectivity index (χ4v) is 9.79. The second-order valence-electron chi connectivity index (χ2n) is 13.8. The predicted molar refractivity (Wildman–Crippen MR) is 194 cm³/mol. The lowest BCUT2D eigenvalue weighted by molar-refractivity contribution is -0.118. The molecule has 3 unspecified atom stereocenters. The number of ketones is 1. The number of carbonyl (C=O) groups excluding carboxylic acids is 1. The van der Waals surface area contributed by atoms with Gasteiger partial charge in [-0.15, -0.1) is 0 Å². The molecule has 0 aromatic heterocycles. The number of fused-ring (bicyclic) bond motifs is 6. The van der Waals surface area contributed by atoms with Crippen LogP contribution in [0.3, 0.4) is 0 Å². The van der Waals surface area contributed by atoms with Crippen LogP contribution in [0, 0.1) is 11.8 Å². The molecule has 0 aliphatic heterocycles. The number of hydrogen-bond donors (Lipinski definition) is 0. The van der Waals surface area contributed by atoms with Gasteiger partial charge in [0.05, 0.1) is 5.92 Å². The summed E-state index contributed by atoms with van der Waals surface area (Å²) in [6.45, 7) is 0. The van der Waals surface area contributed by atoms with Gasteiger partial charge in [-0.2, -0.15) is 0 Å². The van der Waals surface area contributed by atoms with E-state index in [0.717, 1.165) is 12.8 Å². The molecule has 0 heterocycles. The molecular weight excluding hydrogens is 569 g/mol. The fraction of sp³-hybridized carbons (Fsp3) is 0.109. The molecule has 3 atom stereocenters. The van der Waals surface area contributed by atoms with Crippen LogP contribution in [0.15, 0.2) is 139 Å². The Labute approximate surface area is 273 Å². The lowest BCUT2D eigenvalue weighted by Gasteiger charge is -2.45. The van der Waals surface area contributed by atoms with E-state index in [2.05, 4.69) is 127 Å². The number of hydrogen-bond acceptors (Lipinski definition) is 1. The Hall–Kier alpha value is -5.53. The third-order valence-electron chi connectivity index (χ3n) is 11.6. The molecule has 47 heavy (non-hydrogen) atoms. The minimum atomic E-state index is -0.0939. The first-order chi connectivity index (χ1) is 23.2. The first-order valence-electron chi connectivity index (χ1n) is 16.9. The third kappa shape index (κ3) is 3.36. The molecule has 1 nitrogen and oxygen atoms in total. The van der Waals surface area contributed by atoms with Gasteiger partial charge in [-0.25, -0.2) is 0 Å². The van der Waals surface area contributed by atoms with Gasteiger partial charge < -0.3 is 0 Å². The molecule has 0 N–H and O–H groups in total.